The van der Waals surface area contributed by atoms with Crippen molar-refractivity contribution in [3.8, 4) is 11.3 Å². The number of aryl methyl sites for hydroxylation is 1. The van der Waals surface area contributed by atoms with Gasteiger partial charge in [-0.2, -0.15) is 5.10 Å². The van der Waals surface area contributed by atoms with E-state index in [1.807, 2.05) is 13.2 Å². The standard InChI is InChI=1S/C21H25N7O2/c1-23-9-13(8-22)19-20-17(7-18(26-19)14-10-25-27(2)11-14)21(30)28(12-24-20)15-4-3-5-16(29)6-15/h7-12,15-16,29H,3-6,22H2,1-2H3. The molecule has 2 unspecified atom stereocenters. The fourth-order valence-electron chi connectivity index (χ4n) is 4.02. The number of aromatic nitrogens is 5. The van der Waals surface area contributed by atoms with E-state index in [1.54, 1.807) is 41.1 Å². The molecular weight excluding hydrogens is 382 g/mol. The first-order valence-electron chi connectivity index (χ1n) is 9.95. The average Bonchev–Trinajstić information content (AvgIpc) is 3.18. The highest BCUT2D eigenvalue weighted by atomic mass is 16.3. The monoisotopic (exact) mass is 407 g/mol. The van der Waals surface area contributed by atoms with Gasteiger partial charge < -0.3 is 10.8 Å². The van der Waals surface area contributed by atoms with Gasteiger partial charge in [-0.3, -0.25) is 19.0 Å². The Morgan fingerprint density at radius 1 is 1.40 bits per heavy atom. The molecule has 0 amide bonds. The molecule has 0 saturated heterocycles. The van der Waals surface area contributed by atoms with E-state index in [-0.39, 0.29) is 11.6 Å². The highest BCUT2D eigenvalue weighted by molar-refractivity contribution is 6.13. The number of hydrogen-bond acceptors (Lipinski definition) is 7. The minimum atomic E-state index is -0.391. The molecular formula is C21H25N7O2. The SMILES string of the molecule is CN=CC(=CN)c1nc(-c2cnn(C)c2)cc2c(=O)n(C3CCCC(O)C3)cnc12. The number of nitrogens with two attached hydrogens (primary N) is 1. The Morgan fingerprint density at radius 2 is 2.23 bits per heavy atom. The minimum Gasteiger partial charge on any atom is -0.404 e. The number of nitrogens with zero attached hydrogens (tertiary/aromatic N) is 6. The Labute approximate surface area is 173 Å². The van der Waals surface area contributed by atoms with Gasteiger partial charge in [0, 0.05) is 49.9 Å². The Bertz CT molecular complexity index is 1190. The van der Waals surface area contributed by atoms with Crippen LogP contribution in [0.1, 0.15) is 37.4 Å². The van der Waals surface area contributed by atoms with Crippen LogP contribution >= 0.6 is 0 Å². The molecule has 1 saturated carbocycles. The first kappa shape index (κ1) is 20.0. The van der Waals surface area contributed by atoms with Gasteiger partial charge in [-0.15, -0.1) is 0 Å². The van der Waals surface area contributed by atoms with Gasteiger partial charge in [-0.1, -0.05) is 0 Å². The van der Waals surface area contributed by atoms with Crippen molar-refractivity contribution in [2.75, 3.05) is 7.05 Å². The van der Waals surface area contributed by atoms with Gasteiger partial charge in [-0.25, -0.2) is 9.97 Å². The fraction of sp³-hybridized carbons (Fsp3) is 0.381. The molecule has 4 rings (SSSR count). The van der Waals surface area contributed by atoms with Crippen LogP contribution in [0, 0.1) is 0 Å². The summed E-state index contributed by atoms with van der Waals surface area (Å²) in [5, 5.41) is 14.7. The van der Waals surface area contributed by atoms with Crippen molar-refractivity contribution in [3.05, 3.63) is 47.0 Å². The normalized spacial score (nSPS) is 20.3. The molecule has 0 spiro atoms. The highest BCUT2D eigenvalue weighted by Crippen LogP contribution is 2.29. The molecule has 9 nitrogen and oxygen atoms in total. The van der Waals surface area contributed by atoms with Gasteiger partial charge in [0.05, 0.1) is 29.7 Å². The number of aliphatic imine (C=N–C) groups is 1. The number of fused-ring (bicyclic) bond motifs is 1. The van der Waals surface area contributed by atoms with Crippen molar-refractivity contribution >= 4 is 22.7 Å². The van der Waals surface area contributed by atoms with Gasteiger partial charge >= 0.3 is 0 Å². The third-order valence-electron chi connectivity index (χ3n) is 5.50. The Hall–Kier alpha value is -3.33. The topological polar surface area (TPSA) is 124 Å². The predicted octanol–water partition coefficient (Wildman–Crippen LogP) is 1.67. The number of aliphatic hydroxyl groups excluding tert-OH is 1. The number of rotatable bonds is 4. The molecule has 3 N–H and O–H groups in total. The molecule has 1 aliphatic carbocycles. The molecule has 156 valence electrons. The van der Waals surface area contributed by atoms with Crippen LogP contribution in [0.4, 0.5) is 0 Å². The van der Waals surface area contributed by atoms with E-state index < -0.39 is 6.10 Å². The number of aliphatic hydroxyl groups is 1. The molecule has 0 aliphatic heterocycles. The molecule has 1 fully saturated rings. The lowest BCUT2D eigenvalue weighted by Crippen LogP contribution is -2.30. The van der Waals surface area contributed by atoms with Gasteiger partial charge in [-0.05, 0) is 31.7 Å². The maximum atomic E-state index is 13.5. The Balaban J connectivity index is 1.96. The van der Waals surface area contributed by atoms with E-state index >= 15 is 0 Å². The minimum absolute atomic E-state index is 0.0710. The van der Waals surface area contributed by atoms with E-state index in [0.29, 0.717) is 34.3 Å². The van der Waals surface area contributed by atoms with Crippen LogP contribution in [0.3, 0.4) is 0 Å². The van der Waals surface area contributed by atoms with Crippen LogP contribution in [0.5, 0.6) is 0 Å². The van der Waals surface area contributed by atoms with Crippen molar-refractivity contribution in [2.45, 2.75) is 37.8 Å². The Morgan fingerprint density at radius 3 is 2.90 bits per heavy atom. The second kappa shape index (κ2) is 8.19. The van der Waals surface area contributed by atoms with Crippen molar-refractivity contribution in [3.63, 3.8) is 0 Å². The van der Waals surface area contributed by atoms with E-state index in [4.69, 9.17) is 10.7 Å². The third kappa shape index (κ3) is 3.63. The first-order chi connectivity index (χ1) is 14.5. The second-order valence-corrected chi connectivity index (χ2v) is 7.60. The summed E-state index contributed by atoms with van der Waals surface area (Å²) in [6.45, 7) is 0. The third-order valence-corrected chi connectivity index (χ3v) is 5.50. The van der Waals surface area contributed by atoms with Crippen LogP contribution < -0.4 is 11.3 Å². The summed E-state index contributed by atoms with van der Waals surface area (Å²) in [6.07, 6.45) is 10.8. The predicted molar refractivity (Wildman–Crippen MR) is 116 cm³/mol. The summed E-state index contributed by atoms with van der Waals surface area (Å²) < 4.78 is 3.32. The summed E-state index contributed by atoms with van der Waals surface area (Å²) in [6, 6.07) is 1.68. The molecule has 0 aromatic carbocycles. The van der Waals surface area contributed by atoms with Gasteiger partial charge in [0.25, 0.3) is 5.56 Å². The molecule has 0 bridgehead atoms. The maximum Gasteiger partial charge on any atom is 0.261 e. The zero-order valence-corrected chi connectivity index (χ0v) is 17.1. The lowest BCUT2D eigenvalue weighted by Gasteiger charge is -2.27. The summed E-state index contributed by atoms with van der Waals surface area (Å²) >= 11 is 0. The lowest BCUT2D eigenvalue weighted by atomic mass is 9.93. The van der Waals surface area contributed by atoms with Crippen LogP contribution in [0.25, 0.3) is 27.7 Å². The maximum absolute atomic E-state index is 13.5. The number of hydrogen-bond donors (Lipinski definition) is 2. The molecule has 3 heterocycles. The van der Waals surface area contributed by atoms with Crippen LogP contribution in [-0.4, -0.2) is 48.8 Å². The van der Waals surface area contributed by atoms with E-state index in [1.165, 1.54) is 6.20 Å². The zero-order valence-electron chi connectivity index (χ0n) is 17.1. The van der Waals surface area contributed by atoms with E-state index in [2.05, 4.69) is 15.1 Å². The molecule has 1 aliphatic rings. The fourth-order valence-corrected chi connectivity index (χ4v) is 4.02. The van der Waals surface area contributed by atoms with Crippen LogP contribution in [-0.2, 0) is 7.05 Å². The van der Waals surface area contributed by atoms with Crippen LogP contribution in [0.2, 0.25) is 0 Å². The zero-order chi connectivity index (χ0) is 21.3. The van der Waals surface area contributed by atoms with Crippen molar-refractivity contribution in [1.29, 1.82) is 0 Å². The molecule has 0 radical (unpaired) electrons. The lowest BCUT2D eigenvalue weighted by molar-refractivity contribution is 0.103. The molecule has 3 aromatic rings. The number of allylic oxidation sites excluding steroid dienone is 1. The van der Waals surface area contributed by atoms with E-state index in [9.17, 15) is 9.90 Å². The molecule has 2 atom stereocenters. The smallest absolute Gasteiger partial charge is 0.261 e. The van der Waals surface area contributed by atoms with Crippen molar-refractivity contribution in [1.82, 2.24) is 24.3 Å². The summed E-state index contributed by atoms with van der Waals surface area (Å²) in [5.41, 5.74) is 8.60. The molecule has 30 heavy (non-hydrogen) atoms. The number of pyridine rings is 1. The van der Waals surface area contributed by atoms with Crippen molar-refractivity contribution in [2.24, 2.45) is 17.8 Å². The summed E-state index contributed by atoms with van der Waals surface area (Å²) in [4.78, 5) is 26.8. The summed E-state index contributed by atoms with van der Waals surface area (Å²) in [5.74, 6) is 0. The highest BCUT2D eigenvalue weighted by Gasteiger charge is 2.24. The largest absolute Gasteiger partial charge is 0.404 e. The quantitative estimate of drug-likeness (QED) is 0.634. The Kier molecular flexibility index (Phi) is 5.45. The second-order valence-electron chi connectivity index (χ2n) is 7.60. The van der Waals surface area contributed by atoms with Crippen LogP contribution in [0.15, 0.2) is 40.8 Å². The van der Waals surface area contributed by atoms with E-state index in [0.717, 1.165) is 24.8 Å². The van der Waals surface area contributed by atoms with Crippen molar-refractivity contribution < 1.29 is 5.11 Å². The summed E-state index contributed by atoms with van der Waals surface area (Å²) in [7, 11) is 3.47. The molecule has 9 heteroatoms. The van der Waals surface area contributed by atoms with Gasteiger partial charge in [0.15, 0.2) is 0 Å². The van der Waals surface area contributed by atoms with Gasteiger partial charge in [0.2, 0.25) is 0 Å². The average molecular weight is 407 g/mol. The van der Waals surface area contributed by atoms with Gasteiger partial charge in [0.1, 0.15) is 11.2 Å². The molecule has 3 aromatic heterocycles. The first-order valence-corrected chi connectivity index (χ1v) is 9.95.